The van der Waals surface area contributed by atoms with E-state index in [0.29, 0.717) is 11.4 Å². The first kappa shape index (κ1) is 9.84. The van der Waals surface area contributed by atoms with Gasteiger partial charge in [0.15, 0.2) is 6.29 Å². The number of nitrogens with zero attached hydrogens (tertiary/aromatic N) is 1. The summed E-state index contributed by atoms with van der Waals surface area (Å²) in [5.41, 5.74) is 4.28. The molecule has 0 saturated carbocycles. The van der Waals surface area contributed by atoms with E-state index < -0.39 is 0 Å². The average molecular weight is 225 g/mol. The van der Waals surface area contributed by atoms with Crippen LogP contribution in [0.3, 0.4) is 0 Å². The number of aromatic nitrogens is 3. The summed E-state index contributed by atoms with van der Waals surface area (Å²) in [7, 11) is 0. The van der Waals surface area contributed by atoms with E-state index in [4.69, 9.17) is 0 Å². The van der Waals surface area contributed by atoms with Gasteiger partial charge < -0.3 is 9.97 Å². The van der Waals surface area contributed by atoms with Gasteiger partial charge >= 0.3 is 0 Å². The fraction of sp³-hybridized carbons (Fsp3) is 0.0769. The summed E-state index contributed by atoms with van der Waals surface area (Å²) in [5.74, 6) is 0. The summed E-state index contributed by atoms with van der Waals surface area (Å²) in [6, 6.07) is 8.00. The quantitative estimate of drug-likeness (QED) is 0.658. The number of nitrogens with one attached hydrogen (secondary N) is 2. The van der Waals surface area contributed by atoms with Crippen LogP contribution < -0.4 is 0 Å². The van der Waals surface area contributed by atoms with Crippen LogP contribution in [0.5, 0.6) is 0 Å². The van der Waals surface area contributed by atoms with Crippen LogP contribution in [0.4, 0.5) is 0 Å². The van der Waals surface area contributed by atoms with Crippen molar-refractivity contribution in [1.29, 1.82) is 0 Å². The lowest BCUT2D eigenvalue weighted by atomic mass is 10.1. The van der Waals surface area contributed by atoms with E-state index in [1.165, 1.54) is 0 Å². The van der Waals surface area contributed by atoms with Crippen molar-refractivity contribution in [3.63, 3.8) is 0 Å². The van der Waals surface area contributed by atoms with Gasteiger partial charge in [-0.15, -0.1) is 0 Å². The van der Waals surface area contributed by atoms with Gasteiger partial charge in [-0.05, 0) is 13.0 Å². The third kappa shape index (κ3) is 1.38. The fourth-order valence-corrected chi connectivity index (χ4v) is 2.18. The largest absolute Gasteiger partial charge is 0.358 e. The van der Waals surface area contributed by atoms with Crippen molar-refractivity contribution in [2.24, 2.45) is 0 Å². The number of fused-ring (bicyclic) bond motifs is 1. The maximum absolute atomic E-state index is 10.9. The summed E-state index contributed by atoms with van der Waals surface area (Å²) in [6.45, 7) is 1.98. The molecule has 2 aromatic heterocycles. The molecular weight excluding hydrogens is 214 g/mol. The Morgan fingerprint density at radius 2 is 2.12 bits per heavy atom. The smallest absolute Gasteiger partial charge is 0.168 e. The molecule has 1 aromatic carbocycles. The van der Waals surface area contributed by atoms with Gasteiger partial charge in [0.1, 0.15) is 11.4 Å². The number of imidazole rings is 1. The highest BCUT2D eigenvalue weighted by Crippen LogP contribution is 2.31. The maximum Gasteiger partial charge on any atom is 0.168 e. The minimum absolute atomic E-state index is 0.512. The second kappa shape index (κ2) is 3.59. The van der Waals surface area contributed by atoms with Crippen LogP contribution in [0.25, 0.3) is 22.2 Å². The van der Waals surface area contributed by atoms with Gasteiger partial charge in [-0.3, -0.25) is 4.79 Å². The minimum atomic E-state index is 0.512. The lowest BCUT2D eigenvalue weighted by molar-refractivity contribution is 0.112. The van der Waals surface area contributed by atoms with E-state index in [1.54, 1.807) is 6.33 Å². The van der Waals surface area contributed by atoms with Gasteiger partial charge in [0, 0.05) is 22.2 Å². The lowest BCUT2D eigenvalue weighted by Crippen LogP contribution is -1.86. The highest BCUT2D eigenvalue weighted by atomic mass is 16.1. The van der Waals surface area contributed by atoms with E-state index >= 15 is 0 Å². The third-order valence-corrected chi connectivity index (χ3v) is 2.92. The molecule has 0 aliphatic carbocycles. The van der Waals surface area contributed by atoms with Crippen LogP contribution in [-0.2, 0) is 0 Å². The van der Waals surface area contributed by atoms with Crippen molar-refractivity contribution < 1.29 is 4.79 Å². The Morgan fingerprint density at radius 1 is 1.29 bits per heavy atom. The summed E-state index contributed by atoms with van der Waals surface area (Å²) in [5, 5.41) is 1.08. The normalized spacial score (nSPS) is 10.9. The number of hydrogen-bond acceptors (Lipinski definition) is 2. The molecule has 0 unspecified atom stereocenters. The zero-order valence-corrected chi connectivity index (χ0v) is 9.32. The Bertz CT molecular complexity index is 694. The van der Waals surface area contributed by atoms with Crippen molar-refractivity contribution >= 4 is 17.2 Å². The molecule has 4 heteroatoms. The van der Waals surface area contributed by atoms with Crippen LogP contribution in [-0.4, -0.2) is 21.2 Å². The Morgan fingerprint density at radius 3 is 2.94 bits per heavy atom. The fourth-order valence-electron chi connectivity index (χ4n) is 2.18. The zero-order valence-electron chi connectivity index (χ0n) is 9.32. The van der Waals surface area contributed by atoms with Gasteiger partial charge in [0.25, 0.3) is 0 Å². The number of H-pyrrole nitrogens is 2. The molecule has 2 N–H and O–H groups in total. The molecule has 3 rings (SSSR count). The van der Waals surface area contributed by atoms with Crippen molar-refractivity contribution in [1.82, 2.24) is 15.0 Å². The van der Waals surface area contributed by atoms with E-state index in [0.717, 1.165) is 28.4 Å². The van der Waals surface area contributed by atoms with Gasteiger partial charge in [-0.25, -0.2) is 4.98 Å². The first-order valence-electron chi connectivity index (χ1n) is 5.37. The van der Waals surface area contributed by atoms with Crippen molar-refractivity contribution in [3.05, 3.63) is 42.0 Å². The Hall–Kier alpha value is -2.36. The van der Waals surface area contributed by atoms with Crippen LogP contribution in [0.2, 0.25) is 0 Å². The molecule has 0 amide bonds. The molecule has 0 spiro atoms. The molecule has 0 saturated heterocycles. The molecule has 3 aromatic rings. The predicted octanol–water partition coefficient (Wildman–Crippen LogP) is 2.68. The SMILES string of the molecule is Cc1[nH]c2ccccc2c1-c1nc[nH]c1C=O. The van der Waals surface area contributed by atoms with Crippen molar-refractivity contribution in [3.8, 4) is 11.3 Å². The number of carbonyl (C=O) groups is 1. The Kier molecular flexibility index (Phi) is 2.08. The summed E-state index contributed by atoms with van der Waals surface area (Å²) in [4.78, 5) is 21.3. The first-order valence-corrected chi connectivity index (χ1v) is 5.37. The van der Waals surface area contributed by atoms with Crippen LogP contribution in [0, 0.1) is 6.92 Å². The molecule has 4 nitrogen and oxygen atoms in total. The summed E-state index contributed by atoms with van der Waals surface area (Å²) >= 11 is 0. The van der Waals surface area contributed by atoms with Crippen LogP contribution >= 0.6 is 0 Å². The molecule has 0 aliphatic rings. The number of aryl methyl sites for hydroxylation is 1. The number of para-hydroxylation sites is 1. The molecule has 2 heterocycles. The lowest BCUT2D eigenvalue weighted by Gasteiger charge is -1.98. The van der Waals surface area contributed by atoms with Crippen LogP contribution in [0.1, 0.15) is 16.2 Å². The minimum Gasteiger partial charge on any atom is -0.358 e. The monoisotopic (exact) mass is 225 g/mol. The number of benzene rings is 1. The molecule has 0 fully saturated rings. The van der Waals surface area contributed by atoms with Gasteiger partial charge in [0.2, 0.25) is 0 Å². The second-order valence-corrected chi connectivity index (χ2v) is 3.95. The molecule has 17 heavy (non-hydrogen) atoms. The molecule has 0 bridgehead atoms. The maximum atomic E-state index is 10.9. The zero-order chi connectivity index (χ0) is 11.8. The van der Waals surface area contributed by atoms with Gasteiger partial charge in [0.05, 0.1) is 6.33 Å². The summed E-state index contributed by atoms with van der Waals surface area (Å²) in [6.07, 6.45) is 2.34. The molecular formula is C13H11N3O. The summed E-state index contributed by atoms with van der Waals surface area (Å²) < 4.78 is 0. The number of aromatic amines is 2. The van der Waals surface area contributed by atoms with Gasteiger partial charge in [-0.1, -0.05) is 18.2 Å². The topological polar surface area (TPSA) is 61.5 Å². The first-order chi connectivity index (χ1) is 8.31. The molecule has 0 radical (unpaired) electrons. The Balaban J connectivity index is 2.37. The van der Waals surface area contributed by atoms with Crippen molar-refractivity contribution in [2.45, 2.75) is 6.92 Å². The Labute approximate surface area is 97.7 Å². The van der Waals surface area contributed by atoms with E-state index in [2.05, 4.69) is 15.0 Å². The average Bonchev–Trinajstić information content (AvgIpc) is 2.90. The van der Waals surface area contributed by atoms with Gasteiger partial charge in [-0.2, -0.15) is 0 Å². The van der Waals surface area contributed by atoms with E-state index in [-0.39, 0.29) is 0 Å². The number of rotatable bonds is 2. The van der Waals surface area contributed by atoms with Crippen LogP contribution in [0.15, 0.2) is 30.6 Å². The predicted molar refractivity (Wildman–Crippen MR) is 66.0 cm³/mol. The highest BCUT2D eigenvalue weighted by molar-refractivity contribution is 5.99. The third-order valence-electron chi connectivity index (χ3n) is 2.92. The highest BCUT2D eigenvalue weighted by Gasteiger charge is 2.15. The molecule has 0 atom stereocenters. The number of hydrogen-bond donors (Lipinski definition) is 2. The standard InChI is InChI=1S/C13H11N3O/c1-8-12(13-11(6-17)14-7-15-13)9-4-2-3-5-10(9)16-8/h2-7,16H,1H3,(H,14,15). The number of carbonyl (C=O) groups excluding carboxylic acids is 1. The number of aldehydes is 1. The molecule has 84 valence electrons. The van der Waals surface area contributed by atoms with Crippen molar-refractivity contribution in [2.75, 3.05) is 0 Å². The van der Waals surface area contributed by atoms with E-state index in [9.17, 15) is 4.79 Å². The molecule has 0 aliphatic heterocycles. The van der Waals surface area contributed by atoms with E-state index in [1.807, 2.05) is 31.2 Å². The second-order valence-electron chi connectivity index (χ2n) is 3.95.